The van der Waals surface area contributed by atoms with Gasteiger partial charge in [-0.1, -0.05) is 38.5 Å². The van der Waals surface area contributed by atoms with Gasteiger partial charge in [0, 0.05) is 25.7 Å². The fourth-order valence-electron chi connectivity index (χ4n) is 4.01. The number of amidine groups is 1. The van der Waals surface area contributed by atoms with Crippen molar-refractivity contribution in [2.75, 3.05) is 39.5 Å². The summed E-state index contributed by atoms with van der Waals surface area (Å²) in [7, 11) is 0. The van der Waals surface area contributed by atoms with Crippen LogP contribution in [0.4, 0.5) is 0 Å². The molecule has 1 N–H and O–H groups in total. The van der Waals surface area contributed by atoms with Crippen LogP contribution in [0.5, 0.6) is 0 Å². The highest BCUT2D eigenvalue weighted by Gasteiger charge is 2.19. The number of nitrogens with zero attached hydrogens (tertiary/aromatic N) is 2. The van der Waals surface area contributed by atoms with Gasteiger partial charge in [0.25, 0.3) is 6.02 Å². The maximum Gasteiger partial charge on any atom is 0.285 e. The third-order valence-corrected chi connectivity index (χ3v) is 5.56. The first-order valence-electron chi connectivity index (χ1n) is 10.2. The third-order valence-electron chi connectivity index (χ3n) is 5.56. The van der Waals surface area contributed by atoms with Crippen LogP contribution in [-0.2, 0) is 9.47 Å². The second-order valence-electron chi connectivity index (χ2n) is 7.51. The Morgan fingerprint density at radius 2 is 1.62 bits per heavy atom. The van der Waals surface area contributed by atoms with Crippen molar-refractivity contribution in [2.45, 2.75) is 76.3 Å². The maximum absolute atomic E-state index is 6.11. The third kappa shape index (κ3) is 6.25. The van der Waals surface area contributed by atoms with Gasteiger partial charge in [-0.2, -0.15) is 0 Å². The normalized spacial score (nSPS) is 25.6. The van der Waals surface area contributed by atoms with E-state index in [0.29, 0.717) is 12.1 Å². The lowest BCUT2D eigenvalue weighted by Gasteiger charge is -2.28. The van der Waals surface area contributed by atoms with Gasteiger partial charge in [-0.3, -0.25) is 4.90 Å². The van der Waals surface area contributed by atoms with Crippen LogP contribution >= 0.6 is 0 Å². The van der Waals surface area contributed by atoms with Crippen LogP contribution in [0.3, 0.4) is 0 Å². The van der Waals surface area contributed by atoms with Gasteiger partial charge >= 0.3 is 0 Å². The number of aliphatic imine (C=N–C) groups is 1. The molecule has 138 valence electrons. The summed E-state index contributed by atoms with van der Waals surface area (Å²) in [5, 5.41) is 3.63. The van der Waals surface area contributed by atoms with Crippen molar-refractivity contribution in [1.82, 2.24) is 10.2 Å². The zero-order valence-electron chi connectivity index (χ0n) is 15.2. The molecule has 24 heavy (non-hydrogen) atoms. The van der Waals surface area contributed by atoms with E-state index in [4.69, 9.17) is 14.5 Å². The van der Waals surface area contributed by atoms with E-state index in [0.717, 1.165) is 45.5 Å². The van der Waals surface area contributed by atoms with Crippen LogP contribution in [0, 0.1) is 0 Å². The first kappa shape index (κ1) is 18.0. The Hall–Kier alpha value is -0.810. The summed E-state index contributed by atoms with van der Waals surface area (Å²) < 4.78 is 11.5. The van der Waals surface area contributed by atoms with Crippen molar-refractivity contribution in [2.24, 2.45) is 4.99 Å². The molecule has 0 amide bonds. The molecular weight excluding hydrogens is 302 g/mol. The number of ether oxygens (including phenoxy) is 2. The van der Waals surface area contributed by atoms with Gasteiger partial charge in [-0.05, 0) is 25.7 Å². The van der Waals surface area contributed by atoms with E-state index in [1.165, 1.54) is 64.2 Å². The summed E-state index contributed by atoms with van der Waals surface area (Å²) in [5.74, 6) is 0. The van der Waals surface area contributed by atoms with Gasteiger partial charge in [0.1, 0.15) is 6.61 Å². The van der Waals surface area contributed by atoms with Crippen LogP contribution in [-0.4, -0.2) is 62.5 Å². The number of nitrogens with one attached hydrogen (secondary N) is 1. The zero-order valence-corrected chi connectivity index (χ0v) is 15.2. The topological polar surface area (TPSA) is 46.1 Å². The molecule has 3 aliphatic rings. The molecule has 0 spiro atoms. The molecule has 3 rings (SSSR count). The lowest BCUT2D eigenvalue weighted by Crippen LogP contribution is -2.41. The molecule has 2 aliphatic carbocycles. The highest BCUT2D eigenvalue weighted by Crippen LogP contribution is 2.21. The summed E-state index contributed by atoms with van der Waals surface area (Å²) in [4.78, 5) is 7.37. The molecule has 0 aromatic rings. The molecule has 0 aromatic heterocycles. The van der Waals surface area contributed by atoms with Crippen molar-refractivity contribution in [3.8, 4) is 0 Å². The molecule has 0 radical (unpaired) electrons. The molecule has 5 nitrogen and oxygen atoms in total. The van der Waals surface area contributed by atoms with E-state index in [2.05, 4.69) is 10.2 Å². The second-order valence-corrected chi connectivity index (χ2v) is 7.51. The molecule has 1 aliphatic heterocycles. The average molecular weight is 338 g/mol. The van der Waals surface area contributed by atoms with E-state index in [1.807, 2.05) is 0 Å². The summed E-state index contributed by atoms with van der Waals surface area (Å²) in [6.45, 7) is 5.44. The zero-order chi connectivity index (χ0) is 16.5. The molecule has 5 heteroatoms. The van der Waals surface area contributed by atoms with Gasteiger partial charge in [-0.25, -0.2) is 4.99 Å². The minimum Gasteiger partial charge on any atom is -0.464 e. The number of morpholine rings is 1. The Kier molecular flexibility index (Phi) is 7.68. The Labute approximate surface area is 147 Å². The van der Waals surface area contributed by atoms with Crippen LogP contribution in [0.2, 0.25) is 0 Å². The minimum absolute atomic E-state index is 0.466. The van der Waals surface area contributed by atoms with Gasteiger partial charge < -0.3 is 14.8 Å². The van der Waals surface area contributed by atoms with Crippen LogP contribution < -0.4 is 5.32 Å². The van der Waals surface area contributed by atoms with Crippen LogP contribution in [0.15, 0.2) is 4.99 Å². The molecule has 0 unspecified atom stereocenters. The summed E-state index contributed by atoms with van der Waals surface area (Å²) in [6, 6.07) is 1.85. The highest BCUT2D eigenvalue weighted by molar-refractivity contribution is 5.74. The molecule has 0 atom stereocenters. The quantitative estimate of drug-likeness (QED) is 0.619. The SMILES string of the molecule is C1CCC(N=C(NC2CCCCC2)OCCN2CCOCC2)CC1. The fourth-order valence-corrected chi connectivity index (χ4v) is 4.01. The van der Waals surface area contributed by atoms with Gasteiger partial charge in [0.05, 0.1) is 19.3 Å². The van der Waals surface area contributed by atoms with Crippen molar-refractivity contribution >= 4 is 6.02 Å². The smallest absolute Gasteiger partial charge is 0.285 e. The molecule has 1 saturated heterocycles. The van der Waals surface area contributed by atoms with E-state index in [-0.39, 0.29) is 0 Å². The summed E-state index contributed by atoms with van der Waals surface area (Å²) in [5.41, 5.74) is 0. The maximum atomic E-state index is 6.11. The standard InChI is InChI=1S/C19H35N3O2/c1-3-7-17(8-4-1)20-19(21-18-9-5-2-6-10-18)24-16-13-22-11-14-23-15-12-22/h17-18H,1-16H2,(H,20,21). The molecule has 1 heterocycles. The predicted octanol–water partition coefficient (Wildman–Crippen LogP) is 2.95. The summed E-state index contributed by atoms with van der Waals surface area (Å²) >= 11 is 0. The van der Waals surface area contributed by atoms with Crippen LogP contribution in [0.1, 0.15) is 64.2 Å². The number of hydrogen-bond acceptors (Lipinski definition) is 4. The van der Waals surface area contributed by atoms with E-state index in [9.17, 15) is 0 Å². The lowest BCUT2D eigenvalue weighted by molar-refractivity contribution is 0.0310. The lowest BCUT2D eigenvalue weighted by atomic mass is 9.95. The van der Waals surface area contributed by atoms with E-state index < -0.39 is 0 Å². The Morgan fingerprint density at radius 3 is 2.33 bits per heavy atom. The Bertz CT molecular complexity index is 371. The Morgan fingerprint density at radius 1 is 0.958 bits per heavy atom. The van der Waals surface area contributed by atoms with E-state index >= 15 is 0 Å². The predicted molar refractivity (Wildman–Crippen MR) is 97.5 cm³/mol. The van der Waals surface area contributed by atoms with Gasteiger partial charge in [0.2, 0.25) is 0 Å². The van der Waals surface area contributed by atoms with Crippen molar-refractivity contribution in [1.29, 1.82) is 0 Å². The van der Waals surface area contributed by atoms with E-state index in [1.54, 1.807) is 0 Å². The number of rotatable bonds is 5. The van der Waals surface area contributed by atoms with Crippen molar-refractivity contribution < 1.29 is 9.47 Å². The van der Waals surface area contributed by atoms with Gasteiger partial charge in [0.15, 0.2) is 0 Å². The second kappa shape index (κ2) is 10.2. The fraction of sp³-hybridized carbons (Fsp3) is 0.947. The monoisotopic (exact) mass is 337 g/mol. The Balaban J connectivity index is 1.48. The molecule has 0 bridgehead atoms. The molecule has 0 aromatic carbocycles. The average Bonchev–Trinajstić information content (AvgIpc) is 2.64. The molecular formula is C19H35N3O2. The number of hydrogen-bond donors (Lipinski definition) is 1. The van der Waals surface area contributed by atoms with Gasteiger partial charge in [-0.15, -0.1) is 0 Å². The van der Waals surface area contributed by atoms with Crippen molar-refractivity contribution in [3.63, 3.8) is 0 Å². The first-order valence-corrected chi connectivity index (χ1v) is 10.2. The van der Waals surface area contributed by atoms with Crippen molar-refractivity contribution in [3.05, 3.63) is 0 Å². The highest BCUT2D eigenvalue weighted by atomic mass is 16.5. The first-order chi connectivity index (χ1) is 11.9. The summed E-state index contributed by atoms with van der Waals surface area (Å²) in [6.07, 6.45) is 13.0. The minimum atomic E-state index is 0.466. The molecule has 2 saturated carbocycles. The largest absolute Gasteiger partial charge is 0.464 e. The molecule has 3 fully saturated rings. The van der Waals surface area contributed by atoms with Crippen LogP contribution in [0.25, 0.3) is 0 Å².